The summed E-state index contributed by atoms with van der Waals surface area (Å²) in [6.07, 6.45) is 0. The third kappa shape index (κ3) is 4.07. The van der Waals surface area contributed by atoms with E-state index in [4.69, 9.17) is 0 Å². The van der Waals surface area contributed by atoms with Crippen LogP contribution in [0.1, 0.15) is 18.3 Å². The van der Waals surface area contributed by atoms with Crippen molar-refractivity contribution in [3.63, 3.8) is 0 Å². The Bertz CT molecular complexity index is 889. The molecule has 0 radical (unpaired) electrons. The second-order valence-electron chi connectivity index (χ2n) is 4.93. The number of carbonyl (C=O) groups is 1. The lowest BCUT2D eigenvalue weighted by Crippen LogP contribution is -2.21. The molecule has 0 atom stereocenters. The molecular formula is C14H14N8O2S. The molecule has 1 aromatic carbocycles. The zero-order chi connectivity index (χ0) is 17.6. The summed E-state index contributed by atoms with van der Waals surface area (Å²) in [4.78, 5) is 12.0. The first-order valence-corrected chi connectivity index (χ1v) is 8.23. The maximum Gasteiger partial charge on any atom is 0.250 e. The highest BCUT2D eigenvalue weighted by Crippen LogP contribution is 2.17. The average Bonchev–Trinajstić information content (AvgIpc) is 3.27. The summed E-state index contributed by atoms with van der Waals surface area (Å²) in [5.74, 6) is -0.180. The SMILES string of the molecule is C/C(=N/NC(=O)CSc1nnnn1-c1ccccc1)c1nonc1C. The number of thioether (sulfide) groups is 1. The van der Waals surface area contributed by atoms with Gasteiger partial charge in [0.25, 0.3) is 5.91 Å². The normalized spacial score (nSPS) is 11.5. The fourth-order valence-electron chi connectivity index (χ4n) is 1.92. The summed E-state index contributed by atoms with van der Waals surface area (Å²) in [5.41, 5.74) is 4.89. The van der Waals surface area contributed by atoms with E-state index in [-0.39, 0.29) is 11.7 Å². The maximum atomic E-state index is 12.0. The molecule has 0 saturated heterocycles. The molecule has 0 spiro atoms. The van der Waals surface area contributed by atoms with Crippen molar-refractivity contribution in [1.82, 2.24) is 35.9 Å². The van der Waals surface area contributed by atoms with Gasteiger partial charge in [0, 0.05) is 0 Å². The van der Waals surface area contributed by atoms with Crippen LogP contribution < -0.4 is 5.43 Å². The minimum absolute atomic E-state index is 0.111. The molecule has 0 saturated carbocycles. The molecule has 3 aromatic rings. The molecule has 2 aromatic heterocycles. The number of hydrazone groups is 1. The van der Waals surface area contributed by atoms with Crippen molar-refractivity contribution >= 4 is 23.4 Å². The number of hydrogen-bond acceptors (Lipinski definition) is 9. The number of amides is 1. The van der Waals surface area contributed by atoms with E-state index in [1.54, 1.807) is 18.5 Å². The Morgan fingerprint density at radius 1 is 1.32 bits per heavy atom. The monoisotopic (exact) mass is 358 g/mol. The van der Waals surface area contributed by atoms with Crippen LogP contribution in [-0.2, 0) is 4.79 Å². The number of para-hydroxylation sites is 1. The van der Waals surface area contributed by atoms with Crippen LogP contribution >= 0.6 is 11.8 Å². The predicted molar refractivity (Wildman–Crippen MR) is 89.3 cm³/mol. The highest BCUT2D eigenvalue weighted by atomic mass is 32.2. The van der Waals surface area contributed by atoms with E-state index in [9.17, 15) is 4.79 Å². The van der Waals surface area contributed by atoms with Crippen molar-refractivity contribution in [2.75, 3.05) is 5.75 Å². The van der Waals surface area contributed by atoms with Gasteiger partial charge in [0.05, 0.1) is 17.2 Å². The zero-order valence-corrected chi connectivity index (χ0v) is 14.3. The van der Waals surface area contributed by atoms with Crippen LogP contribution in [0.2, 0.25) is 0 Å². The molecule has 10 nitrogen and oxygen atoms in total. The van der Waals surface area contributed by atoms with Crippen LogP contribution in [0.5, 0.6) is 0 Å². The number of benzene rings is 1. The van der Waals surface area contributed by atoms with Crippen LogP contribution in [0, 0.1) is 6.92 Å². The molecule has 0 aliphatic rings. The number of nitrogens with one attached hydrogen (secondary N) is 1. The van der Waals surface area contributed by atoms with Crippen molar-refractivity contribution in [3.05, 3.63) is 41.7 Å². The standard InChI is InChI=1S/C14H14N8O2S/c1-9(13-10(2)18-24-19-13)15-16-12(23)8-25-14-17-20-21-22(14)11-6-4-3-5-7-11/h3-7H,8H2,1-2H3,(H,16,23)/b15-9-. The quantitative estimate of drug-likeness (QED) is 0.393. The summed E-state index contributed by atoms with van der Waals surface area (Å²) in [6, 6.07) is 9.43. The van der Waals surface area contributed by atoms with Gasteiger partial charge >= 0.3 is 0 Å². The van der Waals surface area contributed by atoms with E-state index in [1.807, 2.05) is 30.3 Å². The van der Waals surface area contributed by atoms with E-state index in [1.165, 1.54) is 11.8 Å². The first-order chi connectivity index (χ1) is 12.1. The second kappa shape index (κ2) is 7.66. The van der Waals surface area contributed by atoms with Gasteiger partial charge in [-0.05, 0) is 41.6 Å². The van der Waals surface area contributed by atoms with E-state index < -0.39 is 0 Å². The van der Waals surface area contributed by atoms with Crippen molar-refractivity contribution < 1.29 is 9.42 Å². The Kier molecular flexibility index (Phi) is 5.14. The minimum atomic E-state index is -0.291. The Morgan fingerprint density at radius 2 is 2.12 bits per heavy atom. The number of nitrogens with zero attached hydrogens (tertiary/aromatic N) is 7. The number of carbonyl (C=O) groups excluding carboxylic acids is 1. The fourth-order valence-corrected chi connectivity index (χ4v) is 2.60. The lowest BCUT2D eigenvalue weighted by Gasteiger charge is -2.03. The summed E-state index contributed by atoms with van der Waals surface area (Å²) >= 11 is 1.21. The van der Waals surface area contributed by atoms with E-state index >= 15 is 0 Å². The molecule has 1 amide bonds. The van der Waals surface area contributed by atoms with Gasteiger partial charge in [0.2, 0.25) is 5.16 Å². The number of rotatable bonds is 6. The first-order valence-electron chi connectivity index (χ1n) is 7.24. The third-order valence-electron chi connectivity index (χ3n) is 3.12. The summed E-state index contributed by atoms with van der Waals surface area (Å²) in [6.45, 7) is 3.45. The van der Waals surface area contributed by atoms with E-state index in [0.717, 1.165) is 5.69 Å². The van der Waals surface area contributed by atoms with E-state index in [0.29, 0.717) is 22.3 Å². The van der Waals surface area contributed by atoms with Gasteiger partial charge in [-0.3, -0.25) is 4.79 Å². The Labute approximate surface area is 146 Å². The topological polar surface area (TPSA) is 124 Å². The first kappa shape index (κ1) is 16.8. The molecule has 0 aliphatic carbocycles. The van der Waals surface area contributed by atoms with Gasteiger partial charge in [0.15, 0.2) is 5.69 Å². The second-order valence-corrected chi connectivity index (χ2v) is 5.87. The molecule has 1 N–H and O–H groups in total. The molecule has 11 heteroatoms. The van der Waals surface area contributed by atoms with Crippen LogP contribution in [0.3, 0.4) is 0 Å². The lowest BCUT2D eigenvalue weighted by molar-refractivity contribution is -0.118. The van der Waals surface area contributed by atoms with Crippen molar-refractivity contribution in [2.24, 2.45) is 5.10 Å². The number of hydrogen-bond donors (Lipinski definition) is 1. The van der Waals surface area contributed by atoms with Crippen LogP contribution in [0.4, 0.5) is 0 Å². The summed E-state index contributed by atoms with van der Waals surface area (Å²) in [5, 5.41) is 23.4. The molecule has 2 heterocycles. The Morgan fingerprint density at radius 3 is 2.84 bits per heavy atom. The van der Waals surface area contributed by atoms with Gasteiger partial charge < -0.3 is 0 Å². The summed E-state index contributed by atoms with van der Waals surface area (Å²) < 4.78 is 6.17. The molecule has 0 bridgehead atoms. The third-order valence-corrected chi connectivity index (χ3v) is 4.04. The highest BCUT2D eigenvalue weighted by molar-refractivity contribution is 7.99. The highest BCUT2D eigenvalue weighted by Gasteiger charge is 2.12. The van der Waals surface area contributed by atoms with Gasteiger partial charge in [-0.1, -0.05) is 35.1 Å². The molecule has 3 rings (SSSR count). The van der Waals surface area contributed by atoms with Gasteiger partial charge in [-0.25, -0.2) is 10.1 Å². The molecular weight excluding hydrogens is 344 g/mol. The van der Waals surface area contributed by atoms with Gasteiger partial charge in [-0.2, -0.15) is 9.78 Å². The van der Waals surface area contributed by atoms with Crippen molar-refractivity contribution in [2.45, 2.75) is 19.0 Å². The Balaban J connectivity index is 1.59. The number of tetrazole rings is 1. The van der Waals surface area contributed by atoms with Crippen LogP contribution in [0.25, 0.3) is 5.69 Å². The molecule has 128 valence electrons. The average molecular weight is 358 g/mol. The minimum Gasteiger partial charge on any atom is -0.272 e. The molecule has 0 unspecified atom stereocenters. The van der Waals surface area contributed by atoms with Gasteiger partial charge in [0.1, 0.15) is 5.69 Å². The molecule has 0 fully saturated rings. The van der Waals surface area contributed by atoms with Crippen molar-refractivity contribution in [1.29, 1.82) is 0 Å². The predicted octanol–water partition coefficient (Wildman–Crippen LogP) is 0.986. The molecule has 25 heavy (non-hydrogen) atoms. The zero-order valence-electron chi connectivity index (χ0n) is 13.4. The smallest absolute Gasteiger partial charge is 0.250 e. The van der Waals surface area contributed by atoms with Gasteiger partial charge in [-0.15, -0.1) is 5.10 Å². The Hall–Kier alpha value is -3.08. The van der Waals surface area contributed by atoms with Crippen LogP contribution in [-0.4, -0.2) is 47.9 Å². The summed E-state index contributed by atoms with van der Waals surface area (Å²) in [7, 11) is 0. The number of aromatic nitrogens is 6. The maximum absolute atomic E-state index is 12.0. The van der Waals surface area contributed by atoms with Crippen LogP contribution in [0.15, 0.2) is 45.2 Å². The largest absolute Gasteiger partial charge is 0.272 e. The number of aryl methyl sites for hydroxylation is 1. The fraction of sp³-hybridized carbons (Fsp3) is 0.214. The van der Waals surface area contributed by atoms with Crippen molar-refractivity contribution in [3.8, 4) is 5.69 Å². The lowest BCUT2D eigenvalue weighted by atomic mass is 10.2. The molecule has 0 aliphatic heterocycles. The van der Waals surface area contributed by atoms with E-state index in [2.05, 4.69) is 41.0 Å².